The molecule has 0 saturated carbocycles. The largest absolute Gasteiger partial charge is 0.310 e. The van der Waals surface area contributed by atoms with Crippen molar-refractivity contribution in [2.45, 2.75) is 50.3 Å². The number of hydrogen-bond acceptors (Lipinski definition) is 3. The lowest BCUT2D eigenvalue weighted by molar-refractivity contribution is 0.570. The van der Waals surface area contributed by atoms with Crippen LogP contribution in [0.4, 0.5) is 0 Å². The minimum absolute atomic E-state index is 0.438. The zero-order chi connectivity index (χ0) is 15.1. The zero-order valence-corrected chi connectivity index (χ0v) is 14.8. The summed E-state index contributed by atoms with van der Waals surface area (Å²) in [7, 11) is 0. The van der Waals surface area contributed by atoms with Gasteiger partial charge >= 0.3 is 0 Å². The first-order valence-electron chi connectivity index (χ1n) is 7.76. The first-order valence-corrected chi connectivity index (χ1v) is 9.56. The van der Waals surface area contributed by atoms with E-state index in [9.17, 15) is 0 Å². The molecule has 0 fully saturated rings. The second-order valence-corrected chi connectivity index (χ2v) is 7.56. The van der Waals surface area contributed by atoms with Gasteiger partial charge in [0, 0.05) is 26.4 Å². The molecule has 21 heavy (non-hydrogen) atoms. The highest BCUT2D eigenvalue weighted by atomic mass is 32.2. The third-order valence-electron chi connectivity index (χ3n) is 3.53. The van der Waals surface area contributed by atoms with E-state index in [0.717, 1.165) is 18.7 Å². The summed E-state index contributed by atoms with van der Waals surface area (Å²) in [5, 5.41) is 3.53. The van der Waals surface area contributed by atoms with Gasteiger partial charge in [-0.15, -0.1) is 23.1 Å². The lowest BCUT2D eigenvalue weighted by atomic mass is 10.1. The molecule has 0 aliphatic heterocycles. The highest BCUT2D eigenvalue weighted by Crippen LogP contribution is 2.28. The van der Waals surface area contributed by atoms with Gasteiger partial charge in [0.25, 0.3) is 0 Å². The van der Waals surface area contributed by atoms with Gasteiger partial charge in [0.15, 0.2) is 0 Å². The number of aryl methyl sites for hydroxylation is 1. The number of benzene rings is 1. The maximum atomic E-state index is 3.53. The smallest absolute Gasteiger partial charge is 0.0326 e. The predicted octanol–water partition coefficient (Wildman–Crippen LogP) is 5.66. The lowest BCUT2D eigenvalue weighted by Crippen LogP contribution is -2.19. The Hall–Kier alpha value is -0.770. The molecule has 2 aromatic rings. The number of thioether (sulfide) groups is 1. The highest BCUT2D eigenvalue weighted by Gasteiger charge is 2.05. The Labute approximate surface area is 137 Å². The van der Waals surface area contributed by atoms with Gasteiger partial charge in [-0.3, -0.25) is 0 Å². The molecular formula is C18H25NS2. The topological polar surface area (TPSA) is 12.0 Å². The SMILES string of the molecule is CCCNC(C)c1ccc(SCc2ccc(CC)s2)cc1. The molecule has 1 aromatic heterocycles. The molecule has 0 amide bonds. The van der Waals surface area contributed by atoms with Gasteiger partial charge in [-0.1, -0.05) is 26.0 Å². The molecule has 0 aliphatic rings. The molecular weight excluding hydrogens is 294 g/mol. The summed E-state index contributed by atoms with van der Waals surface area (Å²) in [6, 6.07) is 14.0. The van der Waals surface area contributed by atoms with Gasteiger partial charge in [-0.2, -0.15) is 0 Å². The number of hydrogen-bond donors (Lipinski definition) is 1. The molecule has 0 saturated heterocycles. The second kappa shape index (κ2) is 8.62. The standard InChI is InChI=1S/C18H25NS2/c1-4-12-19-14(3)15-6-8-17(9-7-15)20-13-18-11-10-16(5-2)21-18/h6-11,14,19H,4-5,12-13H2,1-3H3. The van der Waals surface area contributed by atoms with Crippen molar-refractivity contribution in [3.05, 3.63) is 51.7 Å². The normalized spacial score (nSPS) is 12.5. The summed E-state index contributed by atoms with van der Waals surface area (Å²) in [6.07, 6.45) is 2.32. The van der Waals surface area contributed by atoms with Crippen LogP contribution in [0.15, 0.2) is 41.3 Å². The van der Waals surface area contributed by atoms with Gasteiger partial charge in [-0.05, 0) is 56.1 Å². The number of thiophene rings is 1. The maximum Gasteiger partial charge on any atom is 0.0326 e. The third-order valence-corrected chi connectivity index (χ3v) is 6.00. The van der Waals surface area contributed by atoms with Crippen molar-refractivity contribution in [3.8, 4) is 0 Å². The van der Waals surface area contributed by atoms with E-state index in [1.807, 2.05) is 23.1 Å². The van der Waals surface area contributed by atoms with Crippen LogP contribution in [0.3, 0.4) is 0 Å². The van der Waals surface area contributed by atoms with E-state index >= 15 is 0 Å². The average molecular weight is 320 g/mol. The first-order chi connectivity index (χ1) is 10.2. The zero-order valence-electron chi connectivity index (χ0n) is 13.2. The molecule has 1 heterocycles. The van der Waals surface area contributed by atoms with Crippen LogP contribution >= 0.6 is 23.1 Å². The van der Waals surface area contributed by atoms with Crippen LogP contribution in [0, 0.1) is 0 Å². The van der Waals surface area contributed by atoms with E-state index < -0.39 is 0 Å². The van der Waals surface area contributed by atoms with Gasteiger partial charge in [-0.25, -0.2) is 0 Å². The molecule has 1 atom stereocenters. The van der Waals surface area contributed by atoms with Crippen molar-refractivity contribution in [1.29, 1.82) is 0 Å². The van der Waals surface area contributed by atoms with Crippen LogP contribution in [0.1, 0.15) is 48.6 Å². The number of rotatable bonds is 8. The van der Waals surface area contributed by atoms with Crippen LogP contribution in [0.5, 0.6) is 0 Å². The minimum atomic E-state index is 0.438. The molecule has 1 N–H and O–H groups in total. The van der Waals surface area contributed by atoms with Crippen LogP contribution in [0.25, 0.3) is 0 Å². The fourth-order valence-electron chi connectivity index (χ4n) is 2.18. The van der Waals surface area contributed by atoms with Crippen molar-refractivity contribution >= 4 is 23.1 Å². The third kappa shape index (κ3) is 5.17. The van der Waals surface area contributed by atoms with Crippen LogP contribution in [0.2, 0.25) is 0 Å². The molecule has 3 heteroatoms. The average Bonchev–Trinajstić information content (AvgIpc) is 2.99. The summed E-state index contributed by atoms with van der Waals surface area (Å²) in [4.78, 5) is 4.31. The van der Waals surface area contributed by atoms with Crippen molar-refractivity contribution in [2.24, 2.45) is 0 Å². The van der Waals surface area contributed by atoms with Crippen molar-refractivity contribution in [3.63, 3.8) is 0 Å². The van der Waals surface area contributed by atoms with Gasteiger partial charge < -0.3 is 5.32 Å². The van der Waals surface area contributed by atoms with Crippen LogP contribution in [-0.4, -0.2) is 6.54 Å². The summed E-state index contributed by atoms with van der Waals surface area (Å²) < 4.78 is 0. The van der Waals surface area contributed by atoms with Gasteiger partial charge in [0.1, 0.15) is 0 Å². The minimum Gasteiger partial charge on any atom is -0.310 e. The van der Waals surface area contributed by atoms with Crippen LogP contribution < -0.4 is 5.32 Å². The summed E-state index contributed by atoms with van der Waals surface area (Å²) in [5.74, 6) is 1.08. The molecule has 0 spiro atoms. The quantitative estimate of drug-likeness (QED) is 0.630. The molecule has 114 valence electrons. The van der Waals surface area contributed by atoms with Crippen molar-refractivity contribution in [1.82, 2.24) is 5.32 Å². The molecule has 2 rings (SSSR count). The molecule has 1 aromatic carbocycles. The predicted molar refractivity (Wildman–Crippen MR) is 96.4 cm³/mol. The Kier molecular flexibility index (Phi) is 6.81. The van der Waals surface area contributed by atoms with E-state index in [2.05, 4.69) is 62.5 Å². The Balaban J connectivity index is 1.87. The summed E-state index contributed by atoms with van der Waals surface area (Å²) >= 11 is 3.86. The Morgan fingerprint density at radius 2 is 1.76 bits per heavy atom. The van der Waals surface area contributed by atoms with Crippen molar-refractivity contribution < 1.29 is 0 Å². The Morgan fingerprint density at radius 1 is 1.05 bits per heavy atom. The summed E-state index contributed by atoms with van der Waals surface area (Å²) in [5.41, 5.74) is 1.37. The van der Waals surface area contributed by atoms with Gasteiger partial charge in [0.2, 0.25) is 0 Å². The molecule has 1 nitrogen and oxygen atoms in total. The van der Waals surface area contributed by atoms with E-state index in [4.69, 9.17) is 0 Å². The Morgan fingerprint density at radius 3 is 2.38 bits per heavy atom. The second-order valence-electron chi connectivity index (χ2n) is 5.26. The monoisotopic (exact) mass is 319 g/mol. The van der Waals surface area contributed by atoms with Gasteiger partial charge in [0.05, 0.1) is 0 Å². The molecule has 0 radical (unpaired) electrons. The lowest BCUT2D eigenvalue weighted by Gasteiger charge is -2.13. The maximum absolute atomic E-state index is 3.53. The molecule has 1 unspecified atom stereocenters. The van der Waals surface area contributed by atoms with E-state index in [1.54, 1.807) is 0 Å². The molecule has 0 bridgehead atoms. The van der Waals surface area contributed by atoms with Crippen LogP contribution in [-0.2, 0) is 12.2 Å². The van der Waals surface area contributed by atoms with Crippen molar-refractivity contribution in [2.75, 3.05) is 6.54 Å². The molecule has 0 aliphatic carbocycles. The number of nitrogens with one attached hydrogen (secondary N) is 1. The fourth-order valence-corrected chi connectivity index (χ4v) is 4.08. The van der Waals surface area contributed by atoms with E-state index in [0.29, 0.717) is 6.04 Å². The Bertz CT molecular complexity index is 530. The highest BCUT2D eigenvalue weighted by molar-refractivity contribution is 7.98. The van der Waals surface area contributed by atoms with E-state index in [-0.39, 0.29) is 0 Å². The fraction of sp³-hybridized carbons (Fsp3) is 0.444. The summed E-state index contributed by atoms with van der Waals surface area (Å²) in [6.45, 7) is 7.73. The van der Waals surface area contributed by atoms with E-state index in [1.165, 1.54) is 26.6 Å². The first kappa shape index (κ1) is 16.6.